The predicted molar refractivity (Wildman–Crippen MR) is 77.1 cm³/mol. The maximum Gasteiger partial charge on any atom is 0.431 e. The molecule has 144 valence electrons. The van der Waals surface area contributed by atoms with Crippen molar-refractivity contribution in [3.8, 4) is 5.75 Å². The van der Waals surface area contributed by atoms with E-state index in [4.69, 9.17) is 9.47 Å². The second-order valence-corrected chi connectivity index (χ2v) is 5.60. The molecule has 2 unspecified atom stereocenters. The van der Waals surface area contributed by atoms with Crippen LogP contribution in [-0.4, -0.2) is 31.2 Å². The maximum atomic E-state index is 14.0. The van der Waals surface area contributed by atoms with Crippen molar-refractivity contribution in [2.75, 3.05) is 7.11 Å². The lowest BCUT2D eigenvalue weighted by Gasteiger charge is -2.33. The Morgan fingerprint density at radius 2 is 1.48 bits per heavy atom. The van der Waals surface area contributed by atoms with Crippen LogP contribution < -0.4 is 4.74 Å². The molecule has 0 aliphatic rings. The van der Waals surface area contributed by atoms with Crippen molar-refractivity contribution < 1.29 is 40.2 Å². The zero-order chi connectivity index (χ0) is 19.5. The van der Waals surface area contributed by atoms with Gasteiger partial charge in [0.25, 0.3) is 0 Å². The fourth-order valence-corrected chi connectivity index (χ4v) is 2.12. The highest BCUT2D eigenvalue weighted by atomic mass is 19.4. The molecular weight excluding hydrogens is 357 g/mol. The summed E-state index contributed by atoms with van der Waals surface area (Å²) in [4.78, 5) is 0. The topological polar surface area (TPSA) is 18.5 Å². The molecular formula is C16H19F7O2. The van der Waals surface area contributed by atoms with E-state index in [0.29, 0.717) is 6.42 Å². The minimum absolute atomic E-state index is 0.0513. The third-order valence-electron chi connectivity index (χ3n) is 3.82. The van der Waals surface area contributed by atoms with Crippen LogP contribution in [0.5, 0.6) is 5.75 Å². The Bertz CT molecular complexity index is 540. The zero-order valence-electron chi connectivity index (χ0n) is 13.8. The molecule has 0 saturated heterocycles. The van der Waals surface area contributed by atoms with Crippen LogP contribution in [0.3, 0.4) is 0 Å². The van der Waals surface area contributed by atoms with Gasteiger partial charge in [-0.2, -0.15) is 26.3 Å². The number of halogens is 7. The maximum absolute atomic E-state index is 14.0. The van der Waals surface area contributed by atoms with E-state index in [1.807, 2.05) is 0 Å². The summed E-state index contributed by atoms with van der Waals surface area (Å²) in [5.74, 6) is 0.0513. The van der Waals surface area contributed by atoms with E-state index in [-0.39, 0.29) is 17.4 Å². The number of hydrogen-bond acceptors (Lipinski definition) is 2. The average Bonchev–Trinajstić information content (AvgIpc) is 2.50. The molecule has 0 amide bonds. The molecule has 1 aromatic carbocycles. The van der Waals surface area contributed by atoms with Gasteiger partial charge in [0.15, 0.2) is 0 Å². The Morgan fingerprint density at radius 3 is 1.92 bits per heavy atom. The van der Waals surface area contributed by atoms with Gasteiger partial charge in [-0.25, -0.2) is 4.39 Å². The van der Waals surface area contributed by atoms with Crippen molar-refractivity contribution >= 4 is 0 Å². The van der Waals surface area contributed by atoms with Gasteiger partial charge in [-0.15, -0.1) is 0 Å². The van der Waals surface area contributed by atoms with E-state index in [1.165, 1.54) is 24.3 Å². The molecule has 0 N–H and O–H groups in total. The first-order valence-corrected chi connectivity index (χ1v) is 7.48. The number of para-hydroxylation sites is 1. The monoisotopic (exact) mass is 376 g/mol. The minimum Gasteiger partial charge on any atom is -0.490 e. The molecule has 0 saturated carbocycles. The standard InChI is InChI=1S/C16H19F7O2/c1-4-10(2)25-12-8-6-5-7-11(12)13(24-3)9-14(17,15(18,19)20)16(21,22)23/h5-8,10,13H,4,9H2,1-3H3. The van der Waals surface area contributed by atoms with Gasteiger partial charge in [0.2, 0.25) is 0 Å². The summed E-state index contributed by atoms with van der Waals surface area (Å²) in [6, 6.07) is 5.53. The summed E-state index contributed by atoms with van der Waals surface area (Å²) in [6.45, 7) is 3.48. The van der Waals surface area contributed by atoms with Crippen LogP contribution >= 0.6 is 0 Å². The number of rotatable bonds is 7. The summed E-state index contributed by atoms with van der Waals surface area (Å²) >= 11 is 0. The van der Waals surface area contributed by atoms with E-state index in [9.17, 15) is 30.7 Å². The normalized spacial score (nSPS) is 15.8. The molecule has 9 heteroatoms. The molecule has 2 atom stereocenters. The second kappa shape index (κ2) is 7.80. The molecule has 0 aromatic heterocycles. The zero-order valence-corrected chi connectivity index (χ0v) is 13.8. The molecule has 0 spiro atoms. The van der Waals surface area contributed by atoms with Gasteiger partial charge in [0.05, 0.1) is 12.2 Å². The molecule has 0 fully saturated rings. The summed E-state index contributed by atoms with van der Waals surface area (Å²) < 4.78 is 101. The Labute approximate surface area is 140 Å². The molecule has 0 radical (unpaired) electrons. The summed E-state index contributed by atoms with van der Waals surface area (Å²) in [5.41, 5.74) is -5.48. The minimum atomic E-state index is -6.13. The van der Waals surface area contributed by atoms with Gasteiger partial charge < -0.3 is 9.47 Å². The van der Waals surface area contributed by atoms with E-state index in [0.717, 1.165) is 7.11 Å². The van der Waals surface area contributed by atoms with E-state index >= 15 is 0 Å². The summed E-state index contributed by atoms with van der Waals surface area (Å²) in [5, 5.41) is 0. The fourth-order valence-electron chi connectivity index (χ4n) is 2.12. The van der Waals surface area contributed by atoms with Gasteiger partial charge in [-0.1, -0.05) is 25.1 Å². The molecule has 1 rings (SSSR count). The van der Waals surface area contributed by atoms with Gasteiger partial charge in [-0.3, -0.25) is 0 Å². The van der Waals surface area contributed by atoms with Crippen LogP contribution in [0.2, 0.25) is 0 Å². The van der Waals surface area contributed by atoms with Gasteiger partial charge in [0.1, 0.15) is 5.75 Å². The lowest BCUT2D eigenvalue weighted by atomic mass is 9.92. The number of benzene rings is 1. The van der Waals surface area contributed by atoms with Crippen molar-refractivity contribution in [3.63, 3.8) is 0 Å². The quantitative estimate of drug-likeness (QED) is 0.562. The first kappa shape index (κ1) is 21.5. The van der Waals surface area contributed by atoms with Crippen LogP contribution in [0.4, 0.5) is 30.7 Å². The molecule has 25 heavy (non-hydrogen) atoms. The third kappa shape index (κ3) is 4.77. The Morgan fingerprint density at radius 1 is 0.960 bits per heavy atom. The van der Waals surface area contributed by atoms with Crippen molar-refractivity contribution in [1.29, 1.82) is 0 Å². The molecule has 2 nitrogen and oxygen atoms in total. The molecule has 0 aliphatic heterocycles. The molecule has 0 aliphatic carbocycles. The Kier molecular flexibility index (Phi) is 6.72. The third-order valence-corrected chi connectivity index (χ3v) is 3.82. The lowest BCUT2D eigenvalue weighted by Crippen LogP contribution is -2.54. The first-order chi connectivity index (χ1) is 11.4. The van der Waals surface area contributed by atoms with Crippen LogP contribution in [0.15, 0.2) is 24.3 Å². The van der Waals surface area contributed by atoms with Crippen molar-refractivity contribution in [2.24, 2.45) is 0 Å². The number of alkyl halides is 7. The van der Waals surface area contributed by atoms with Crippen LogP contribution in [0, 0.1) is 0 Å². The van der Waals surface area contributed by atoms with E-state index in [1.54, 1.807) is 13.8 Å². The van der Waals surface area contributed by atoms with Crippen molar-refractivity contribution in [3.05, 3.63) is 29.8 Å². The van der Waals surface area contributed by atoms with Crippen molar-refractivity contribution in [1.82, 2.24) is 0 Å². The summed E-state index contributed by atoms with van der Waals surface area (Å²) in [6.07, 6.45) is -15.8. The Balaban J connectivity index is 3.27. The highest BCUT2D eigenvalue weighted by Crippen LogP contribution is 2.51. The number of hydrogen-bond donors (Lipinski definition) is 0. The predicted octanol–water partition coefficient (Wildman–Crippen LogP) is 5.77. The van der Waals surface area contributed by atoms with E-state index < -0.39 is 30.5 Å². The van der Waals surface area contributed by atoms with Gasteiger partial charge in [0, 0.05) is 19.1 Å². The SMILES string of the molecule is CCC(C)Oc1ccccc1C(CC(F)(C(F)(F)F)C(F)(F)F)OC. The number of methoxy groups -OCH3 is 1. The highest BCUT2D eigenvalue weighted by Gasteiger charge is 2.72. The smallest absolute Gasteiger partial charge is 0.431 e. The molecule has 1 aromatic rings. The van der Waals surface area contributed by atoms with Gasteiger partial charge >= 0.3 is 18.0 Å². The summed E-state index contributed by atoms with van der Waals surface area (Å²) in [7, 11) is 0.915. The number of ether oxygens (including phenoxy) is 2. The largest absolute Gasteiger partial charge is 0.490 e. The Hall–Kier alpha value is -1.51. The lowest BCUT2D eigenvalue weighted by molar-refractivity contribution is -0.348. The van der Waals surface area contributed by atoms with Crippen LogP contribution in [0.25, 0.3) is 0 Å². The second-order valence-electron chi connectivity index (χ2n) is 5.60. The highest BCUT2D eigenvalue weighted by molar-refractivity contribution is 5.36. The van der Waals surface area contributed by atoms with Crippen LogP contribution in [0.1, 0.15) is 38.4 Å². The first-order valence-electron chi connectivity index (χ1n) is 7.48. The van der Waals surface area contributed by atoms with E-state index in [2.05, 4.69) is 0 Å². The molecule has 0 heterocycles. The average molecular weight is 376 g/mol. The van der Waals surface area contributed by atoms with Crippen molar-refractivity contribution in [2.45, 2.75) is 56.9 Å². The fraction of sp³-hybridized carbons (Fsp3) is 0.625. The van der Waals surface area contributed by atoms with Crippen LogP contribution in [-0.2, 0) is 4.74 Å². The molecule has 0 bridgehead atoms. The van der Waals surface area contributed by atoms with Gasteiger partial charge in [-0.05, 0) is 19.4 Å².